The summed E-state index contributed by atoms with van der Waals surface area (Å²) in [5.74, 6) is 0. The van der Waals surface area contributed by atoms with Crippen molar-refractivity contribution >= 4 is 27.5 Å². The van der Waals surface area contributed by atoms with Crippen LogP contribution in [0.25, 0.3) is 0 Å². The van der Waals surface area contributed by atoms with Crippen LogP contribution in [0, 0.1) is 0 Å². The summed E-state index contributed by atoms with van der Waals surface area (Å²) in [7, 11) is 0. The minimum atomic E-state index is -0.634. The highest BCUT2D eigenvalue weighted by atomic mass is 79.9. The lowest BCUT2D eigenvalue weighted by molar-refractivity contribution is 0.228. The summed E-state index contributed by atoms with van der Waals surface area (Å²) >= 11 is 9.30. The Balaban J connectivity index is 3.05. The van der Waals surface area contributed by atoms with Crippen molar-refractivity contribution in [1.82, 2.24) is 0 Å². The van der Waals surface area contributed by atoms with Gasteiger partial charge in [-0.2, -0.15) is 0 Å². The standard InChI is InChI=1S/C11H12BrClO/c1-7(2)5-11(14)9-6-8(12)3-4-10(9)13/h3-6,11,14H,1-2H3. The van der Waals surface area contributed by atoms with E-state index in [2.05, 4.69) is 15.9 Å². The molecule has 0 fully saturated rings. The van der Waals surface area contributed by atoms with Crippen molar-refractivity contribution < 1.29 is 5.11 Å². The fraction of sp³-hybridized carbons (Fsp3) is 0.273. The molecule has 0 heterocycles. The van der Waals surface area contributed by atoms with Gasteiger partial charge in [-0.15, -0.1) is 0 Å². The number of hydrogen-bond acceptors (Lipinski definition) is 1. The second-order valence-electron chi connectivity index (χ2n) is 3.35. The Kier molecular flexibility index (Phi) is 4.17. The van der Waals surface area contributed by atoms with Crippen LogP contribution >= 0.6 is 27.5 Å². The molecule has 0 spiro atoms. The van der Waals surface area contributed by atoms with E-state index in [-0.39, 0.29) is 0 Å². The van der Waals surface area contributed by atoms with Crippen molar-refractivity contribution in [3.8, 4) is 0 Å². The van der Waals surface area contributed by atoms with Crippen LogP contribution in [0.2, 0.25) is 5.02 Å². The molecule has 1 N–H and O–H groups in total. The van der Waals surface area contributed by atoms with Gasteiger partial charge < -0.3 is 5.11 Å². The molecule has 14 heavy (non-hydrogen) atoms. The van der Waals surface area contributed by atoms with Crippen molar-refractivity contribution in [3.05, 3.63) is 44.9 Å². The molecule has 0 aliphatic carbocycles. The van der Waals surface area contributed by atoms with E-state index in [1.54, 1.807) is 12.1 Å². The number of allylic oxidation sites excluding steroid dienone is 1. The zero-order chi connectivity index (χ0) is 10.7. The van der Waals surface area contributed by atoms with Gasteiger partial charge in [-0.3, -0.25) is 0 Å². The van der Waals surface area contributed by atoms with Crippen LogP contribution in [-0.2, 0) is 0 Å². The van der Waals surface area contributed by atoms with Gasteiger partial charge >= 0.3 is 0 Å². The van der Waals surface area contributed by atoms with E-state index in [1.165, 1.54) is 0 Å². The van der Waals surface area contributed by atoms with Gasteiger partial charge in [0.15, 0.2) is 0 Å². The highest BCUT2D eigenvalue weighted by Crippen LogP contribution is 2.27. The number of hydrogen-bond donors (Lipinski definition) is 1. The first-order valence-electron chi connectivity index (χ1n) is 4.28. The quantitative estimate of drug-likeness (QED) is 0.806. The first-order valence-corrected chi connectivity index (χ1v) is 5.46. The zero-order valence-corrected chi connectivity index (χ0v) is 10.4. The Morgan fingerprint density at radius 2 is 2.14 bits per heavy atom. The fourth-order valence-corrected chi connectivity index (χ4v) is 1.75. The molecule has 1 aromatic rings. The highest BCUT2D eigenvalue weighted by molar-refractivity contribution is 9.10. The van der Waals surface area contributed by atoms with Crippen LogP contribution in [0.1, 0.15) is 25.5 Å². The van der Waals surface area contributed by atoms with Crippen LogP contribution in [0.3, 0.4) is 0 Å². The summed E-state index contributed by atoms with van der Waals surface area (Å²) in [5, 5.41) is 10.4. The van der Waals surface area contributed by atoms with Crippen LogP contribution < -0.4 is 0 Å². The van der Waals surface area contributed by atoms with E-state index in [0.29, 0.717) is 5.02 Å². The molecule has 0 bridgehead atoms. The minimum absolute atomic E-state index is 0.582. The third kappa shape index (κ3) is 3.12. The maximum Gasteiger partial charge on any atom is 0.0988 e. The molecule has 0 aliphatic heterocycles. The molecular formula is C11H12BrClO. The summed E-state index contributed by atoms with van der Waals surface area (Å²) in [5.41, 5.74) is 1.79. The van der Waals surface area contributed by atoms with Gasteiger partial charge in [-0.05, 0) is 32.0 Å². The molecule has 0 aliphatic rings. The van der Waals surface area contributed by atoms with Crippen molar-refractivity contribution in [2.45, 2.75) is 20.0 Å². The smallest absolute Gasteiger partial charge is 0.0988 e. The molecule has 3 heteroatoms. The van der Waals surface area contributed by atoms with Gasteiger partial charge in [0, 0.05) is 15.1 Å². The second kappa shape index (κ2) is 4.96. The van der Waals surface area contributed by atoms with Crippen molar-refractivity contribution in [2.24, 2.45) is 0 Å². The molecule has 1 nitrogen and oxygen atoms in total. The molecule has 1 unspecified atom stereocenters. The molecule has 1 rings (SSSR count). The number of rotatable bonds is 2. The Morgan fingerprint density at radius 1 is 1.50 bits per heavy atom. The Hall–Kier alpha value is -0.310. The molecule has 0 amide bonds. The first-order chi connectivity index (χ1) is 6.50. The molecule has 0 saturated carbocycles. The topological polar surface area (TPSA) is 20.2 Å². The lowest BCUT2D eigenvalue weighted by atomic mass is 10.1. The van der Waals surface area contributed by atoms with E-state index in [1.807, 2.05) is 26.0 Å². The van der Waals surface area contributed by atoms with Crippen LogP contribution in [0.15, 0.2) is 34.3 Å². The Bertz CT molecular complexity index is 356. The third-order valence-corrected chi connectivity index (χ3v) is 2.61. The van der Waals surface area contributed by atoms with Gasteiger partial charge in [0.2, 0.25) is 0 Å². The number of benzene rings is 1. The Morgan fingerprint density at radius 3 is 2.71 bits per heavy atom. The lowest BCUT2D eigenvalue weighted by Crippen LogP contribution is -1.95. The summed E-state index contributed by atoms with van der Waals surface area (Å²) in [6.45, 7) is 3.88. The summed E-state index contributed by atoms with van der Waals surface area (Å²) in [6.07, 6.45) is 1.14. The van der Waals surface area contributed by atoms with Crippen LogP contribution in [-0.4, -0.2) is 5.11 Å². The van der Waals surface area contributed by atoms with Crippen LogP contribution in [0.4, 0.5) is 0 Å². The van der Waals surface area contributed by atoms with E-state index in [0.717, 1.165) is 15.6 Å². The van der Waals surface area contributed by atoms with Gasteiger partial charge in [0.25, 0.3) is 0 Å². The van der Waals surface area contributed by atoms with Gasteiger partial charge in [0.1, 0.15) is 0 Å². The number of halogens is 2. The molecule has 76 valence electrons. The predicted octanol–water partition coefficient (Wildman–Crippen LogP) is 4.10. The molecule has 0 saturated heterocycles. The molecule has 0 aromatic heterocycles. The fourth-order valence-electron chi connectivity index (χ4n) is 1.15. The summed E-state index contributed by atoms with van der Waals surface area (Å²) in [4.78, 5) is 0. The minimum Gasteiger partial charge on any atom is -0.384 e. The van der Waals surface area contributed by atoms with Gasteiger partial charge in [-0.1, -0.05) is 39.2 Å². The van der Waals surface area contributed by atoms with E-state index < -0.39 is 6.10 Å². The maximum atomic E-state index is 9.81. The molecule has 0 radical (unpaired) electrons. The van der Waals surface area contributed by atoms with Crippen molar-refractivity contribution in [2.75, 3.05) is 0 Å². The van der Waals surface area contributed by atoms with E-state index >= 15 is 0 Å². The van der Waals surface area contributed by atoms with E-state index in [9.17, 15) is 5.11 Å². The summed E-state index contributed by atoms with van der Waals surface area (Å²) in [6, 6.07) is 5.44. The zero-order valence-electron chi connectivity index (χ0n) is 8.09. The molecule has 1 aromatic carbocycles. The average molecular weight is 276 g/mol. The number of aliphatic hydroxyl groups excluding tert-OH is 1. The van der Waals surface area contributed by atoms with E-state index in [4.69, 9.17) is 11.6 Å². The molecule has 1 atom stereocenters. The van der Waals surface area contributed by atoms with Gasteiger partial charge in [-0.25, -0.2) is 0 Å². The lowest BCUT2D eigenvalue weighted by Gasteiger charge is -2.09. The average Bonchev–Trinajstić information content (AvgIpc) is 2.08. The van der Waals surface area contributed by atoms with Gasteiger partial charge in [0.05, 0.1) is 6.10 Å². The van der Waals surface area contributed by atoms with Crippen molar-refractivity contribution in [3.63, 3.8) is 0 Å². The predicted molar refractivity (Wildman–Crippen MR) is 63.5 cm³/mol. The normalized spacial score (nSPS) is 12.4. The Labute approximate surface area is 97.5 Å². The highest BCUT2D eigenvalue weighted by Gasteiger charge is 2.08. The SMILES string of the molecule is CC(C)=CC(O)c1cc(Br)ccc1Cl. The molecular weight excluding hydrogens is 263 g/mol. The first kappa shape index (κ1) is 11.8. The second-order valence-corrected chi connectivity index (χ2v) is 4.68. The summed E-state index contributed by atoms with van der Waals surface area (Å²) < 4.78 is 0.915. The maximum absolute atomic E-state index is 9.81. The van der Waals surface area contributed by atoms with Crippen LogP contribution in [0.5, 0.6) is 0 Å². The third-order valence-electron chi connectivity index (χ3n) is 1.77. The monoisotopic (exact) mass is 274 g/mol. The number of aliphatic hydroxyl groups is 1. The van der Waals surface area contributed by atoms with Crippen molar-refractivity contribution in [1.29, 1.82) is 0 Å². The largest absolute Gasteiger partial charge is 0.384 e.